The van der Waals surface area contributed by atoms with E-state index in [4.69, 9.17) is 4.74 Å². The quantitative estimate of drug-likeness (QED) is 0.241. The first-order valence-electron chi connectivity index (χ1n) is 11.9. The lowest BCUT2D eigenvalue weighted by molar-refractivity contribution is -0.441. The Labute approximate surface area is 226 Å². The third kappa shape index (κ3) is 5.82. The molecule has 2 rings (SSSR count). The van der Waals surface area contributed by atoms with Crippen molar-refractivity contribution in [1.29, 1.82) is 0 Å². The van der Waals surface area contributed by atoms with Crippen LogP contribution in [0.4, 0.5) is 57.1 Å². The number of halogens is 13. The van der Waals surface area contributed by atoms with Gasteiger partial charge in [0, 0.05) is 11.5 Å². The first kappa shape index (κ1) is 34.5. The monoisotopic (exact) mass is 616 g/mol. The molecular formula is C26H25F13O2. The van der Waals surface area contributed by atoms with Crippen molar-refractivity contribution in [3.63, 3.8) is 0 Å². The van der Waals surface area contributed by atoms with Crippen LogP contribution < -0.4 is 4.74 Å². The van der Waals surface area contributed by atoms with Gasteiger partial charge in [-0.3, -0.25) is 0 Å². The van der Waals surface area contributed by atoms with Crippen LogP contribution in [0.15, 0.2) is 54.6 Å². The average Bonchev–Trinajstić information content (AvgIpc) is 2.87. The van der Waals surface area contributed by atoms with Crippen molar-refractivity contribution in [2.75, 3.05) is 0 Å². The highest BCUT2D eigenvalue weighted by Crippen LogP contribution is 2.62. The van der Waals surface area contributed by atoms with Crippen LogP contribution in [0, 0.1) is 0 Å². The molecule has 0 spiro atoms. The number of rotatable bonds is 12. The summed E-state index contributed by atoms with van der Waals surface area (Å²) in [7, 11) is 0. The summed E-state index contributed by atoms with van der Waals surface area (Å²) in [6, 6.07) is 10.9. The van der Waals surface area contributed by atoms with Crippen molar-refractivity contribution in [3.05, 3.63) is 65.7 Å². The maximum Gasteiger partial charge on any atom is 0.460 e. The van der Waals surface area contributed by atoms with E-state index in [-0.39, 0.29) is 5.56 Å². The van der Waals surface area contributed by atoms with Crippen LogP contribution in [0.2, 0.25) is 0 Å². The zero-order valence-corrected chi connectivity index (χ0v) is 21.5. The van der Waals surface area contributed by atoms with Crippen LogP contribution in [-0.4, -0.2) is 47.0 Å². The number of hydrogen-bond acceptors (Lipinski definition) is 2. The minimum absolute atomic E-state index is 0.0480. The highest BCUT2D eigenvalue weighted by molar-refractivity contribution is 5.42. The summed E-state index contributed by atoms with van der Waals surface area (Å²) >= 11 is 0. The molecule has 0 amide bonds. The standard InChI is InChI=1S/C26H25F13O2/c1-4-15(2)41-19-13-9-8-12-18(19)20(40,16(3)17-10-6-5-7-11-17)14-21(27,28)22(29,30)23(31,32)24(33,34)25(35,36)26(37,38)39/h5-13,15-16,40H,4,14H2,1-3H3. The van der Waals surface area contributed by atoms with Gasteiger partial charge in [0.05, 0.1) is 12.5 Å². The molecule has 1 N–H and O–H groups in total. The topological polar surface area (TPSA) is 29.5 Å². The van der Waals surface area contributed by atoms with E-state index in [1.807, 2.05) is 0 Å². The molecule has 2 aromatic rings. The molecule has 0 saturated carbocycles. The third-order valence-electron chi connectivity index (χ3n) is 6.76. The maximum absolute atomic E-state index is 15.1. The first-order valence-corrected chi connectivity index (χ1v) is 11.9. The summed E-state index contributed by atoms with van der Waals surface area (Å²) in [4.78, 5) is 0. The van der Waals surface area contributed by atoms with Gasteiger partial charge in [-0.15, -0.1) is 0 Å². The number of hydrogen-bond donors (Lipinski definition) is 1. The molecule has 0 bridgehead atoms. The Balaban J connectivity index is 2.77. The van der Waals surface area contributed by atoms with Gasteiger partial charge in [-0.25, -0.2) is 0 Å². The molecule has 232 valence electrons. The maximum atomic E-state index is 15.1. The van der Waals surface area contributed by atoms with Crippen molar-refractivity contribution in [3.8, 4) is 5.75 Å². The van der Waals surface area contributed by atoms with E-state index in [9.17, 15) is 53.4 Å². The summed E-state index contributed by atoms with van der Waals surface area (Å²) in [5.74, 6) is -40.0. The zero-order valence-electron chi connectivity index (χ0n) is 21.5. The molecule has 2 aromatic carbocycles. The Morgan fingerprint density at radius 3 is 1.61 bits per heavy atom. The van der Waals surface area contributed by atoms with Crippen molar-refractivity contribution in [2.45, 2.75) is 87.0 Å². The molecule has 3 unspecified atom stereocenters. The van der Waals surface area contributed by atoms with Gasteiger partial charge in [0.15, 0.2) is 0 Å². The third-order valence-corrected chi connectivity index (χ3v) is 6.76. The van der Waals surface area contributed by atoms with E-state index in [0.29, 0.717) is 6.42 Å². The summed E-state index contributed by atoms with van der Waals surface area (Å²) in [6.07, 6.45) is -10.7. The van der Waals surface area contributed by atoms with E-state index in [1.165, 1.54) is 43.3 Å². The van der Waals surface area contributed by atoms with Gasteiger partial charge < -0.3 is 9.84 Å². The number of alkyl halides is 13. The molecule has 2 nitrogen and oxygen atoms in total. The normalized spacial score (nSPS) is 17.1. The number of benzene rings is 2. The van der Waals surface area contributed by atoms with Crippen molar-refractivity contribution < 1.29 is 66.9 Å². The van der Waals surface area contributed by atoms with Gasteiger partial charge in [-0.2, -0.15) is 57.1 Å². The number of para-hydroxylation sites is 1. The molecule has 0 aliphatic carbocycles. The molecule has 0 heterocycles. The van der Waals surface area contributed by atoms with Gasteiger partial charge in [-0.05, 0) is 25.0 Å². The number of aliphatic hydroxyl groups is 1. The van der Waals surface area contributed by atoms with Gasteiger partial charge in [0.1, 0.15) is 11.4 Å². The van der Waals surface area contributed by atoms with Crippen LogP contribution >= 0.6 is 0 Å². The summed E-state index contributed by atoms with van der Waals surface area (Å²) in [6.45, 7) is 4.11. The van der Waals surface area contributed by atoms with Gasteiger partial charge in [0.25, 0.3) is 0 Å². The molecule has 0 aliphatic rings. The van der Waals surface area contributed by atoms with Gasteiger partial charge >= 0.3 is 35.8 Å². The second-order valence-electron chi connectivity index (χ2n) is 9.57. The van der Waals surface area contributed by atoms with Crippen molar-refractivity contribution in [2.24, 2.45) is 0 Å². The minimum atomic E-state index is -8.04. The highest BCUT2D eigenvalue weighted by Gasteiger charge is 2.90. The van der Waals surface area contributed by atoms with Crippen molar-refractivity contribution >= 4 is 0 Å². The fourth-order valence-corrected chi connectivity index (χ4v) is 3.98. The molecular weight excluding hydrogens is 591 g/mol. The molecule has 0 saturated heterocycles. The molecule has 0 aliphatic heterocycles. The van der Waals surface area contributed by atoms with Crippen LogP contribution in [0.3, 0.4) is 0 Å². The first-order chi connectivity index (χ1) is 18.4. The average molecular weight is 616 g/mol. The SMILES string of the molecule is CCC(C)Oc1ccccc1C(O)(CC(F)(F)C(F)(F)C(F)(F)C(F)(F)C(F)(F)C(F)(F)F)C(C)c1ccccc1. The smallest absolute Gasteiger partial charge is 0.460 e. The van der Waals surface area contributed by atoms with Gasteiger partial charge in [-0.1, -0.05) is 62.4 Å². The molecule has 0 radical (unpaired) electrons. The van der Waals surface area contributed by atoms with E-state index >= 15 is 8.78 Å². The Morgan fingerprint density at radius 2 is 1.12 bits per heavy atom. The van der Waals surface area contributed by atoms with Crippen LogP contribution in [-0.2, 0) is 5.60 Å². The van der Waals surface area contributed by atoms with Crippen LogP contribution in [0.5, 0.6) is 5.75 Å². The molecule has 41 heavy (non-hydrogen) atoms. The predicted molar refractivity (Wildman–Crippen MR) is 121 cm³/mol. The van der Waals surface area contributed by atoms with Crippen LogP contribution in [0.25, 0.3) is 0 Å². The Kier molecular flexibility index (Phi) is 9.40. The lowest BCUT2D eigenvalue weighted by Crippen LogP contribution is -2.70. The summed E-state index contributed by atoms with van der Waals surface area (Å²) < 4.78 is 185. The molecule has 3 atom stereocenters. The molecule has 15 heteroatoms. The van der Waals surface area contributed by atoms with E-state index in [2.05, 4.69) is 0 Å². The Hall–Kier alpha value is -2.71. The largest absolute Gasteiger partial charge is 0.490 e. The van der Waals surface area contributed by atoms with Gasteiger partial charge in [0.2, 0.25) is 0 Å². The highest BCUT2D eigenvalue weighted by atomic mass is 19.4. The van der Waals surface area contributed by atoms with E-state index in [0.717, 1.165) is 25.1 Å². The molecule has 0 aromatic heterocycles. The summed E-state index contributed by atoms with van der Waals surface area (Å²) in [5, 5.41) is 11.6. The lowest BCUT2D eigenvalue weighted by Gasteiger charge is -2.43. The fourth-order valence-electron chi connectivity index (χ4n) is 3.98. The second-order valence-corrected chi connectivity index (χ2v) is 9.57. The summed E-state index contributed by atoms with van der Waals surface area (Å²) in [5.41, 5.74) is -4.10. The Morgan fingerprint density at radius 1 is 0.659 bits per heavy atom. The molecule has 0 fully saturated rings. The van der Waals surface area contributed by atoms with Crippen molar-refractivity contribution in [1.82, 2.24) is 0 Å². The second kappa shape index (κ2) is 11.2. The van der Waals surface area contributed by atoms with Crippen LogP contribution in [0.1, 0.15) is 50.7 Å². The number of ether oxygens (including phenoxy) is 1. The fraction of sp³-hybridized carbons (Fsp3) is 0.538. The minimum Gasteiger partial charge on any atom is -0.490 e. The van der Waals surface area contributed by atoms with E-state index in [1.54, 1.807) is 6.92 Å². The van der Waals surface area contributed by atoms with E-state index < -0.39 is 71.1 Å². The zero-order chi connectivity index (χ0) is 31.9. The Bertz CT molecular complexity index is 1170. The predicted octanol–water partition coefficient (Wildman–Crippen LogP) is 8.98. The lowest BCUT2D eigenvalue weighted by atomic mass is 9.73.